The summed E-state index contributed by atoms with van der Waals surface area (Å²) in [4.78, 5) is 2.28. The molecule has 0 N–H and O–H groups in total. The molecule has 0 aliphatic heterocycles. The van der Waals surface area contributed by atoms with Gasteiger partial charge in [-0.15, -0.1) is 0 Å². The van der Waals surface area contributed by atoms with Crippen molar-refractivity contribution in [3.05, 3.63) is 71.8 Å². The number of nitriles is 2. The maximum absolute atomic E-state index is 9.88. The van der Waals surface area contributed by atoms with Crippen LogP contribution in [0.2, 0.25) is 0 Å². The highest BCUT2D eigenvalue weighted by atomic mass is 15.1. The van der Waals surface area contributed by atoms with E-state index in [1.165, 1.54) is 5.56 Å². The first-order valence-corrected chi connectivity index (χ1v) is 8.76. The van der Waals surface area contributed by atoms with Gasteiger partial charge in [0.25, 0.3) is 0 Å². The fraction of sp³-hybridized carbons (Fsp3) is 0.364. The lowest BCUT2D eigenvalue weighted by Crippen LogP contribution is -2.27. The Morgan fingerprint density at radius 3 is 2.16 bits per heavy atom. The van der Waals surface area contributed by atoms with Gasteiger partial charge in [0.2, 0.25) is 0 Å². The van der Waals surface area contributed by atoms with Crippen LogP contribution < -0.4 is 0 Å². The Morgan fingerprint density at radius 2 is 1.56 bits per heavy atom. The summed E-state index contributed by atoms with van der Waals surface area (Å²) in [5.74, 6) is 0. The smallest absolute Gasteiger partial charge is 0.0832 e. The molecule has 128 valence electrons. The quantitative estimate of drug-likeness (QED) is 0.671. The summed E-state index contributed by atoms with van der Waals surface area (Å²) in [5, 5.41) is 18.9. The minimum atomic E-state index is -0.565. The molecule has 2 aromatic rings. The summed E-state index contributed by atoms with van der Waals surface area (Å²) in [6, 6.07) is 25.0. The van der Waals surface area contributed by atoms with Crippen LogP contribution in [0.1, 0.15) is 36.8 Å². The van der Waals surface area contributed by atoms with Gasteiger partial charge in [-0.1, -0.05) is 60.7 Å². The van der Waals surface area contributed by atoms with Gasteiger partial charge >= 0.3 is 0 Å². The lowest BCUT2D eigenvalue weighted by Gasteiger charge is -2.27. The normalized spacial score (nSPS) is 13.0. The molecule has 0 saturated carbocycles. The standard InChI is InChI=1S/C22H25N3/c1-25(18-20-10-4-2-5-11-20)17-9-15-22(19-24,14-8-16-23)21-12-6-3-7-13-21/h2-7,10-13H,8-9,14-15,17-18H2,1H3. The zero-order chi connectivity index (χ0) is 18.0. The Morgan fingerprint density at radius 1 is 0.920 bits per heavy atom. The molecular formula is C22H25N3. The largest absolute Gasteiger partial charge is 0.302 e. The van der Waals surface area contributed by atoms with Crippen molar-refractivity contribution in [1.82, 2.24) is 4.90 Å². The van der Waals surface area contributed by atoms with Crippen LogP contribution in [0.4, 0.5) is 0 Å². The second-order valence-electron chi connectivity index (χ2n) is 6.54. The second-order valence-corrected chi connectivity index (χ2v) is 6.54. The van der Waals surface area contributed by atoms with Crippen LogP contribution in [0.15, 0.2) is 60.7 Å². The maximum Gasteiger partial charge on any atom is 0.0832 e. The van der Waals surface area contributed by atoms with Crippen molar-refractivity contribution in [1.29, 1.82) is 10.5 Å². The molecule has 0 amide bonds. The van der Waals surface area contributed by atoms with Crippen LogP contribution in [-0.2, 0) is 12.0 Å². The van der Waals surface area contributed by atoms with E-state index in [4.69, 9.17) is 5.26 Å². The highest BCUT2D eigenvalue weighted by molar-refractivity contribution is 5.32. The Hall–Kier alpha value is -2.62. The molecule has 3 heteroatoms. The fourth-order valence-corrected chi connectivity index (χ4v) is 3.24. The van der Waals surface area contributed by atoms with E-state index < -0.39 is 5.41 Å². The predicted molar refractivity (Wildman–Crippen MR) is 101 cm³/mol. The number of hydrogen-bond donors (Lipinski definition) is 0. The fourth-order valence-electron chi connectivity index (χ4n) is 3.24. The molecule has 0 radical (unpaired) electrons. The summed E-state index contributed by atoms with van der Waals surface area (Å²) in [7, 11) is 2.11. The molecule has 0 aliphatic carbocycles. The second kappa shape index (κ2) is 9.62. The van der Waals surface area contributed by atoms with Gasteiger partial charge in [0.15, 0.2) is 0 Å². The molecule has 25 heavy (non-hydrogen) atoms. The monoisotopic (exact) mass is 331 g/mol. The minimum absolute atomic E-state index is 0.405. The van der Waals surface area contributed by atoms with Crippen LogP contribution >= 0.6 is 0 Å². The van der Waals surface area contributed by atoms with Crippen LogP contribution in [-0.4, -0.2) is 18.5 Å². The molecule has 0 fully saturated rings. The third-order valence-corrected chi connectivity index (χ3v) is 4.64. The summed E-state index contributed by atoms with van der Waals surface area (Å²) in [6.45, 7) is 1.83. The lowest BCUT2D eigenvalue weighted by atomic mass is 9.74. The Bertz CT molecular complexity index is 712. The van der Waals surface area contributed by atoms with Crippen molar-refractivity contribution < 1.29 is 0 Å². The van der Waals surface area contributed by atoms with Gasteiger partial charge in [0.1, 0.15) is 0 Å². The number of hydrogen-bond acceptors (Lipinski definition) is 3. The van der Waals surface area contributed by atoms with Crippen LogP contribution in [0.3, 0.4) is 0 Å². The zero-order valence-electron chi connectivity index (χ0n) is 14.9. The molecule has 1 unspecified atom stereocenters. The SMILES string of the molecule is CN(CCCC(C#N)(CCC#N)c1ccccc1)Cc1ccccc1. The van der Waals surface area contributed by atoms with E-state index in [2.05, 4.69) is 48.4 Å². The van der Waals surface area contributed by atoms with Gasteiger partial charge in [-0.2, -0.15) is 10.5 Å². The first-order chi connectivity index (χ1) is 12.2. The molecule has 2 rings (SSSR count). The lowest BCUT2D eigenvalue weighted by molar-refractivity contribution is 0.303. The molecule has 0 spiro atoms. The van der Waals surface area contributed by atoms with E-state index in [1.54, 1.807) is 0 Å². The van der Waals surface area contributed by atoms with Crippen molar-refractivity contribution in [2.45, 2.75) is 37.6 Å². The minimum Gasteiger partial charge on any atom is -0.302 e. The third-order valence-electron chi connectivity index (χ3n) is 4.64. The Labute approximate surface area is 151 Å². The van der Waals surface area contributed by atoms with Crippen LogP contribution in [0.25, 0.3) is 0 Å². The summed E-state index contributed by atoms with van der Waals surface area (Å²) in [5.41, 5.74) is 1.76. The van der Waals surface area contributed by atoms with Crippen LogP contribution in [0, 0.1) is 22.7 Å². The number of benzene rings is 2. The molecule has 0 aromatic heterocycles. The summed E-state index contributed by atoms with van der Waals surface area (Å²) in [6.07, 6.45) is 2.69. The average Bonchev–Trinajstić information content (AvgIpc) is 2.66. The van der Waals surface area contributed by atoms with Gasteiger partial charge in [0, 0.05) is 13.0 Å². The van der Waals surface area contributed by atoms with Crippen LogP contribution in [0.5, 0.6) is 0 Å². The first kappa shape index (κ1) is 18.7. The topological polar surface area (TPSA) is 50.8 Å². The van der Waals surface area contributed by atoms with Crippen molar-refractivity contribution >= 4 is 0 Å². The molecule has 3 nitrogen and oxygen atoms in total. The van der Waals surface area contributed by atoms with Gasteiger partial charge in [-0.05, 0) is 44.0 Å². The van der Waals surface area contributed by atoms with Crippen molar-refractivity contribution in [3.63, 3.8) is 0 Å². The molecule has 0 heterocycles. The van der Waals surface area contributed by atoms with E-state index in [9.17, 15) is 5.26 Å². The van der Waals surface area contributed by atoms with E-state index in [-0.39, 0.29) is 0 Å². The van der Waals surface area contributed by atoms with Crippen molar-refractivity contribution in [2.75, 3.05) is 13.6 Å². The Kier molecular flexibility index (Phi) is 7.20. The predicted octanol–water partition coefficient (Wildman–Crippen LogP) is 4.66. The Balaban J connectivity index is 1.98. The van der Waals surface area contributed by atoms with E-state index in [1.807, 2.05) is 36.4 Å². The average molecular weight is 331 g/mol. The van der Waals surface area contributed by atoms with Gasteiger partial charge < -0.3 is 4.90 Å². The molecule has 0 aliphatic rings. The highest BCUT2D eigenvalue weighted by Gasteiger charge is 2.31. The van der Waals surface area contributed by atoms with Gasteiger partial charge in [0.05, 0.1) is 17.6 Å². The first-order valence-electron chi connectivity index (χ1n) is 8.76. The molecule has 0 bridgehead atoms. The highest BCUT2D eigenvalue weighted by Crippen LogP contribution is 2.33. The maximum atomic E-state index is 9.88. The van der Waals surface area contributed by atoms with E-state index in [0.717, 1.165) is 31.5 Å². The van der Waals surface area contributed by atoms with E-state index >= 15 is 0 Å². The molecule has 2 aromatic carbocycles. The summed E-state index contributed by atoms with van der Waals surface area (Å²) >= 11 is 0. The molecule has 1 atom stereocenters. The summed E-state index contributed by atoms with van der Waals surface area (Å²) < 4.78 is 0. The zero-order valence-corrected chi connectivity index (χ0v) is 14.9. The van der Waals surface area contributed by atoms with E-state index in [0.29, 0.717) is 12.8 Å². The third kappa shape index (κ3) is 5.45. The van der Waals surface area contributed by atoms with Gasteiger partial charge in [-0.3, -0.25) is 0 Å². The molecular weight excluding hydrogens is 306 g/mol. The number of rotatable bonds is 9. The van der Waals surface area contributed by atoms with Crippen molar-refractivity contribution in [3.8, 4) is 12.1 Å². The van der Waals surface area contributed by atoms with Crippen molar-refractivity contribution in [2.24, 2.45) is 0 Å². The van der Waals surface area contributed by atoms with Gasteiger partial charge in [-0.25, -0.2) is 0 Å². The molecule has 0 saturated heterocycles. The number of nitrogens with zero attached hydrogens (tertiary/aromatic N) is 3.